The van der Waals surface area contributed by atoms with E-state index in [4.69, 9.17) is 12.2 Å². The molecule has 0 atom stereocenters. The number of Topliss-reactive ketones (excluding diaryl/α,β-unsaturated/α-hetero) is 2. The topological polar surface area (TPSA) is 54.4 Å². The van der Waals surface area contributed by atoms with Crippen LogP contribution in [0.2, 0.25) is 0 Å². The van der Waals surface area contributed by atoms with Gasteiger partial charge in [-0.1, -0.05) is 19.1 Å². The minimum Gasteiger partial charge on any atom is -0.511 e. The number of allylic oxidation sites excluding steroid dienone is 2. The molecule has 0 saturated heterocycles. The molecular weight excluding hydrogens is 332 g/mol. The lowest BCUT2D eigenvalue weighted by molar-refractivity contribution is -0.124. The van der Waals surface area contributed by atoms with Crippen molar-refractivity contribution < 1.29 is 14.7 Å². The molecule has 0 radical (unpaired) electrons. The van der Waals surface area contributed by atoms with Crippen LogP contribution in [0.3, 0.4) is 0 Å². The van der Waals surface area contributed by atoms with E-state index in [1.54, 1.807) is 5.37 Å². The number of hydrogen-bond donors (Lipinski definition) is 1. The third-order valence-corrected chi connectivity index (χ3v) is 5.74. The normalized spacial score (nSPS) is 17.8. The van der Waals surface area contributed by atoms with Crippen LogP contribution in [-0.4, -0.2) is 22.0 Å². The molecule has 1 saturated carbocycles. The fraction of sp³-hybridized carbons (Fsp3) is 0.476. The molecular formula is C21H26O3S. The molecule has 1 fully saturated rings. The number of aliphatic hydroxyl groups excluding tert-OH is 1. The molecule has 134 valence electrons. The predicted molar refractivity (Wildman–Crippen MR) is 105 cm³/mol. The number of thiocarbonyl (C=S) groups is 1. The van der Waals surface area contributed by atoms with Crippen LogP contribution in [0.1, 0.15) is 71.9 Å². The van der Waals surface area contributed by atoms with Crippen LogP contribution in [0.5, 0.6) is 0 Å². The van der Waals surface area contributed by atoms with Gasteiger partial charge in [-0.3, -0.25) is 9.59 Å². The van der Waals surface area contributed by atoms with Gasteiger partial charge in [0, 0.05) is 24.6 Å². The molecule has 1 aliphatic carbocycles. The second kappa shape index (κ2) is 7.61. The molecule has 0 aliphatic heterocycles. The first-order valence-corrected chi connectivity index (χ1v) is 9.25. The van der Waals surface area contributed by atoms with Crippen LogP contribution >= 0.6 is 12.2 Å². The van der Waals surface area contributed by atoms with E-state index in [2.05, 4.69) is 13.8 Å². The minimum absolute atomic E-state index is 0.0141. The number of hydrogen-bond acceptors (Lipinski definition) is 4. The summed E-state index contributed by atoms with van der Waals surface area (Å²) in [6.45, 7) is 10.1. The number of benzene rings is 1. The van der Waals surface area contributed by atoms with Gasteiger partial charge in [0.05, 0.1) is 5.57 Å². The highest BCUT2D eigenvalue weighted by atomic mass is 32.1. The van der Waals surface area contributed by atoms with E-state index >= 15 is 0 Å². The first-order chi connectivity index (χ1) is 11.7. The molecule has 0 unspecified atom stereocenters. The van der Waals surface area contributed by atoms with Gasteiger partial charge in [0.1, 0.15) is 5.76 Å². The Morgan fingerprint density at radius 1 is 1.04 bits per heavy atom. The number of aliphatic hydroxyl groups is 1. The minimum atomic E-state index is -0.252. The summed E-state index contributed by atoms with van der Waals surface area (Å²) in [7, 11) is 0. The summed E-state index contributed by atoms with van der Waals surface area (Å²) in [6, 6.07) is 0. The average molecular weight is 359 g/mol. The molecule has 1 aromatic carbocycles. The Kier molecular flexibility index (Phi) is 5.94. The van der Waals surface area contributed by atoms with E-state index in [1.165, 1.54) is 11.1 Å². The molecule has 0 heterocycles. The highest BCUT2D eigenvalue weighted by Crippen LogP contribution is 2.39. The number of ketones is 2. The zero-order valence-corrected chi connectivity index (χ0v) is 16.5. The SMILES string of the molecule is CCCC(O)=C1C(=O)CC(c2c(C)c(C)c(C)c(C)c2C=S)CC1=O. The summed E-state index contributed by atoms with van der Waals surface area (Å²) in [6.07, 6.45) is 1.55. The van der Waals surface area contributed by atoms with Gasteiger partial charge in [0.2, 0.25) is 0 Å². The third-order valence-electron chi connectivity index (χ3n) is 5.51. The largest absolute Gasteiger partial charge is 0.511 e. The van der Waals surface area contributed by atoms with Crippen molar-refractivity contribution in [1.82, 2.24) is 0 Å². The van der Waals surface area contributed by atoms with Crippen LogP contribution < -0.4 is 0 Å². The Balaban J connectivity index is 2.53. The monoisotopic (exact) mass is 358 g/mol. The number of carbonyl (C=O) groups excluding carboxylic acids is 2. The Hall–Kier alpha value is -1.81. The fourth-order valence-electron chi connectivity index (χ4n) is 3.82. The first kappa shape index (κ1) is 19.5. The maximum atomic E-state index is 12.6. The van der Waals surface area contributed by atoms with Gasteiger partial charge in [-0.15, -0.1) is 0 Å². The molecule has 25 heavy (non-hydrogen) atoms. The van der Waals surface area contributed by atoms with Gasteiger partial charge < -0.3 is 5.11 Å². The van der Waals surface area contributed by atoms with Crippen molar-refractivity contribution in [3.05, 3.63) is 44.7 Å². The molecule has 3 nitrogen and oxygen atoms in total. The first-order valence-electron chi connectivity index (χ1n) is 8.78. The van der Waals surface area contributed by atoms with Crippen molar-refractivity contribution >= 4 is 29.2 Å². The summed E-state index contributed by atoms with van der Waals surface area (Å²) in [4.78, 5) is 25.2. The van der Waals surface area contributed by atoms with Gasteiger partial charge in [0.15, 0.2) is 11.6 Å². The zero-order chi connectivity index (χ0) is 18.9. The fourth-order valence-corrected chi connectivity index (χ4v) is 4.12. The van der Waals surface area contributed by atoms with Gasteiger partial charge in [-0.05, 0) is 73.4 Å². The molecule has 1 aliphatic rings. The van der Waals surface area contributed by atoms with Crippen LogP contribution in [-0.2, 0) is 9.59 Å². The lowest BCUT2D eigenvalue weighted by Crippen LogP contribution is -2.27. The lowest BCUT2D eigenvalue weighted by atomic mass is 9.74. The Bertz CT molecular complexity index is 767. The molecule has 0 amide bonds. The van der Waals surface area contributed by atoms with Crippen molar-refractivity contribution in [3.63, 3.8) is 0 Å². The van der Waals surface area contributed by atoms with Crippen molar-refractivity contribution in [2.24, 2.45) is 0 Å². The number of rotatable bonds is 4. The van der Waals surface area contributed by atoms with Crippen molar-refractivity contribution in [3.8, 4) is 0 Å². The van der Waals surface area contributed by atoms with Crippen LogP contribution in [0, 0.1) is 27.7 Å². The smallest absolute Gasteiger partial charge is 0.170 e. The van der Waals surface area contributed by atoms with Crippen LogP contribution in [0.4, 0.5) is 0 Å². The highest BCUT2D eigenvalue weighted by Gasteiger charge is 2.35. The Morgan fingerprint density at radius 3 is 2.04 bits per heavy atom. The second-order valence-corrected chi connectivity index (χ2v) is 7.20. The maximum Gasteiger partial charge on any atom is 0.170 e. The van der Waals surface area contributed by atoms with Crippen molar-refractivity contribution in [2.45, 2.75) is 66.2 Å². The lowest BCUT2D eigenvalue weighted by Gasteiger charge is -2.28. The third kappa shape index (κ3) is 3.45. The van der Waals surface area contributed by atoms with Gasteiger partial charge >= 0.3 is 0 Å². The van der Waals surface area contributed by atoms with E-state index in [0.29, 0.717) is 12.8 Å². The Morgan fingerprint density at radius 2 is 1.56 bits per heavy atom. The van der Waals surface area contributed by atoms with Crippen LogP contribution in [0.25, 0.3) is 0 Å². The van der Waals surface area contributed by atoms with Crippen molar-refractivity contribution in [2.75, 3.05) is 0 Å². The molecule has 1 N–H and O–H groups in total. The summed E-state index contributed by atoms with van der Waals surface area (Å²) >= 11 is 5.24. The summed E-state index contributed by atoms with van der Waals surface area (Å²) in [5.41, 5.74) is 6.60. The van der Waals surface area contributed by atoms with Crippen molar-refractivity contribution in [1.29, 1.82) is 0 Å². The van der Waals surface area contributed by atoms with Gasteiger partial charge in [0.25, 0.3) is 0 Å². The van der Waals surface area contributed by atoms with E-state index in [1.807, 2.05) is 20.8 Å². The second-order valence-electron chi connectivity index (χ2n) is 6.97. The molecule has 0 aromatic heterocycles. The maximum absolute atomic E-state index is 12.6. The van der Waals surface area contributed by atoms with E-state index in [-0.39, 0.29) is 41.7 Å². The quantitative estimate of drug-likeness (QED) is 0.360. The zero-order valence-electron chi connectivity index (χ0n) is 15.7. The predicted octanol–water partition coefficient (Wildman–Crippen LogP) is 4.90. The highest BCUT2D eigenvalue weighted by molar-refractivity contribution is 7.79. The number of carbonyl (C=O) groups is 2. The van der Waals surface area contributed by atoms with E-state index in [0.717, 1.165) is 22.3 Å². The molecule has 0 bridgehead atoms. The molecule has 2 rings (SSSR count). The van der Waals surface area contributed by atoms with Crippen LogP contribution in [0.15, 0.2) is 11.3 Å². The Labute approximate surface area is 155 Å². The van der Waals surface area contributed by atoms with Gasteiger partial charge in [-0.2, -0.15) is 0 Å². The standard InChI is InChI=1S/C21H26O3S/c1-6-7-17(22)21-18(23)8-15(9-19(21)24)20-14(5)12(3)11(2)13(4)16(20)10-25/h10,15,22H,6-9H2,1-5H3. The summed E-state index contributed by atoms with van der Waals surface area (Å²) in [5, 5.41) is 11.7. The molecule has 0 spiro atoms. The average Bonchev–Trinajstić information content (AvgIpc) is 2.55. The molecule has 4 heteroatoms. The van der Waals surface area contributed by atoms with E-state index in [9.17, 15) is 14.7 Å². The molecule has 1 aromatic rings. The summed E-state index contributed by atoms with van der Waals surface area (Å²) < 4.78 is 0. The van der Waals surface area contributed by atoms with Gasteiger partial charge in [-0.25, -0.2) is 0 Å². The summed E-state index contributed by atoms with van der Waals surface area (Å²) in [5.74, 6) is -0.736. The van der Waals surface area contributed by atoms with E-state index < -0.39 is 0 Å².